The van der Waals surface area contributed by atoms with Gasteiger partial charge in [-0.05, 0) is 25.8 Å². The summed E-state index contributed by atoms with van der Waals surface area (Å²) in [7, 11) is 0. The first kappa shape index (κ1) is 20.9. The maximum absolute atomic E-state index is 13.8. The monoisotopic (exact) mass is 394 g/mol. The lowest BCUT2D eigenvalue weighted by molar-refractivity contribution is -0.162. The van der Waals surface area contributed by atoms with E-state index in [4.69, 9.17) is 0 Å². The maximum atomic E-state index is 13.8. The number of benzene rings is 1. The third kappa shape index (κ3) is 6.07. The number of hydrogen-bond donors (Lipinski definition) is 1. The van der Waals surface area contributed by atoms with E-state index < -0.39 is 42.5 Å². The Hall–Kier alpha value is -2.39. The molecule has 1 aliphatic rings. The molecular weight excluding hydrogens is 375 g/mol. The molecule has 0 aliphatic carbocycles. The normalized spacial score (nSPS) is 16.7. The average molecular weight is 394 g/mol. The number of piperidine rings is 1. The van der Waals surface area contributed by atoms with Crippen LogP contribution in [0.2, 0.25) is 0 Å². The molecule has 10 heteroatoms. The van der Waals surface area contributed by atoms with Crippen molar-refractivity contribution in [3.8, 4) is 0 Å². The first-order chi connectivity index (χ1) is 12.6. The number of carbonyl (C=O) groups excluding carboxylic acids is 2. The molecule has 2 rings (SSSR count). The Bertz CT molecular complexity index is 688. The summed E-state index contributed by atoms with van der Waals surface area (Å²) in [6.45, 7) is 0.0486. The molecule has 1 aromatic carbocycles. The molecule has 27 heavy (non-hydrogen) atoms. The predicted molar refractivity (Wildman–Crippen MR) is 84.6 cm³/mol. The Morgan fingerprint density at radius 2 is 1.89 bits per heavy atom. The maximum Gasteiger partial charge on any atom is 0.422 e. The molecule has 150 valence electrons. The Kier molecular flexibility index (Phi) is 6.61. The summed E-state index contributed by atoms with van der Waals surface area (Å²) < 4.78 is 67.1. The number of ether oxygens (including phenoxy) is 1. The largest absolute Gasteiger partial charge is 0.440 e. The molecule has 5 nitrogen and oxygen atoms in total. The third-order valence-electron chi connectivity index (χ3n) is 4.27. The average Bonchev–Trinajstić information content (AvgIpc) is 2.59. The predicted octanol–water partition coefficient (Wildman–Crippen LogP) is 3.55. The molecule has 1 heterocycles. The molecule has 1 fully saturated rings. The van der Waals surface area contributed by atoms with Gasteiger partial charge in [0, 0.05) is 30.6 Å². The van der Waals surface area contributed by atoms with Crippen LogP contribution in [-0.4, -0.2) is 42.8 Å². The highest BCUT2D eigenvalue weighted by atomic mass is 19.4. The fourth-order valence-electron chi connectivity index (χ4n) is 2.82. The molecule has 1 unspecified atom stereocenters. The molecule has 1 saturated heterocycles. The zero-order chi connectivity index (χ0) is 20.2. The molecular formula is C17H19F5N2O3. The lowest BCUT2D eigenvalue weighted by Crippen LogP contribution is -2.44. The molecule has 0 bridgehead atoms. The van der Waals surface area contributed by atoms with Crippen molar-refractivity contribution in [2.24, 2.45) is 5.92 Å². The van der Waals surface area contributed by atoms with Gasteiger partial charge in [0.1, 0.15) is 11.6 Å². The molecule has 2 amide bonds. The molecule has 0 aromatic heterocycles. The highest BCUT2D eigenvalue weighted by Gasteiger charge is 2.33. The van der Waals surface area contributed by atoms with Crippen LogP contribution in [0, 0.1) is 17.6 Å². The van der Waals surface area contributed by atoms with E-state index in [1.54, 1.807) is 6.92 Å². The number of amides is 2. The second kappa shape index (κ2) is 8.53. The Morgan fingerprint density at radius 3 is 2.44 bits per heavy atom. The second-order valence-electron chi connectivity index (χ2n) is 6.33. The van der Waals surface area contributed by atoms with Gasteiger partial charge in [-0.1, -0.05) is 6.07 Å². The summed E-state index contributed by atoms with van der Waals surface area (Å²) in [6.07, 6.45) is -5.19. The first-order valence-corrected chi connectivity index (χ1v) is 8.30. The van der Waals surface area contributed by atoms with Crippen molar-refractivity contribution < 1.29 is 36.3 Å². The number of halogens is 5. The molecule has 0 saturated carbocycles. The number of alkyl halides is 3. The fraction of sp³-hybridized carbons (Fsp3) is 0.529. The van der Waals surface area contributed by atoms with Crippen LogP contribution in [0.1, 0.15) is 31.4 Å². The van der Waals surface area contributed by atoms with Crippen molar-refractivity contribution in [2.75, 3.05) is 19.7 Å². The van der Waals surface area contributed by atoms with E-state index in [1.807, 2.05) is 0 Å². The smallest absolute Gasteiger partial charge is 0.422 e. The minimum absolute atomic E-state index is 0.0774. The number of hydrogen-bond acceptors (Lipinski definition) is 3. The van der Waals surface area contributed by atoms with Gasteiger partial charge in [0.05, 0.1) is 6.04 Å². The topological polar surface area (TPSA) is 58.6 Å². The summed E-state index contributed by atoms with van der Waals surface area (Å²) in [5, 5.41) is 2.63. The summed E-state index contributed by atoms with van der Waals surface area (Å²) in [5.41, 5.74) is 0.137. The number of nitrogens with zero attached hydrogens (tertiary/aromatic N) is 1. The molecule has 1 aromatic rings. The summed E-state index contributed by atoms with van der Waals surface area (Å²) in [6, 6.07) is 2.37. The molecule has 1 N–H and O–H groups in total. The van der Waals surface area contributed by atoms with Crippen LogP contribution in [0.3, 0.4) is 0 Å². The number of rotatable bonds is 4. The molecule has 0 spiro atoms. The number of carbonyl (C=O) groups is 2. The second-order valence-corrected chi connectivity index (χ2v) is 6.33. The van der Waals surface area contributed by atoms with Crippen LogP contribution < -0.4 is 5.32 Å². The van der Waals surface area contributed by atoms with Crippen molar-refractivity contribution >= 4 is 12.0 Å². The fourth-order valence-corrected chi connectivity index (χ4v) is 2.82. The van der Waals surface area contributed by atoms with Gasteiger partial charge in [-0.25, -0.2) is 13.6 Å². The Balaban J connectivity index is 1.83. The van der Waals surface area contributed by atoms with Crippen molar-refractivity contribution in [3.05, 3.63) is 35.4 Å². The first-order valence-electron chi connectivity index (χ1n) is 8.30. The summed E-state index contributed by atoms with van der Waals surface area (Å²) in [5.74, 6) is -2.33. The molecule has 0 radical (unpaired) electrons. The van der Waals surface area contributed by atoms with E-state index in [0.29, 0.717) is 0 Å². The van der Waals surface area contributed by atoms with Gasteiger partial charge >= 0.3 is 12.3 Å². The number of likely N-dealkylation sites (tertiary alicyclic amines) is 1. The highest BCUT2D eigenvalue weighted by molar-refractivity contribution is 5.79. The van der Waals surface area contributed by atoms with Gasteiger partial charge in [-0.2, -0.15) is 13.2 Å². The standard InChI is InChI=1S/C17H19F5N2O3/c1-10(13-3-2-12(18)8-14(13)19)23-15(25)11-4-6-24(7-5-11)16(26)27-9-17(20,21)22/h2-3,8,10-11H,4-7,9H2,1H3,(H,23,25). The van der Waals surface area contributed by atoms with Gasteiger partial charge in [0.15, 0.2) is 6.61 Å². The minimum atomic E-state index is -4.60. The van der Waals surface area contributed by atoms with Crippen molar-refractivity contribution in [2.45, 2.75) is 32.0 Å². The van der Waals surface area contributed by atoms with E-state index in [2.05, 4.69) is 10.1 Å². The van der Waals surface area contributed by atoms with Gasteiger partial charge in [-0.15, -0.1) is 0 Å². The zero-order valence-corrected chi connectivity index (χ0v) is 14.5. The third-order valence-corrected chi connectivity index (χ3v) is 4.27. The minimum Gasteiger partial charge on any atom is -0.440 e. The van der Waals surface area contributed by atoms with Crippen LogP contribution in [0.5, 0.6) is 0 Å². The quantitative estimate of drug-likeness (QED) is 0.795. The summed E-state index contributed by atoms with van der Waals surface area (Å²) in [4.78, 5) is 25.0. The van der Waals surface area contributed by atoms with Crippen molar-refractivity contribution in [3.63, 3.8) is 0 Å². The number of nitrogens with one attached hydrogen (secondary N) is 1. The van der Waals surface area contributed by atoms with E-state index >= 15 is 0 Å². The van der Waals surface area contributed by atoms with Gasteiger partial charge in [0.25, 0.3) is 0 Å². The summed E-state index contributed by atoms with van der Waals surface area (Å²) >= 11 is 0. The van der Waals surface area contributed by atoms with Gasteiger partial charge in [0.2, 0.25) is 5.91 Å². The highest BCUT2D eigenvalue weighted by Crippen LogP contribution is 2.22. The zero-order valence-electron chi connectivity index (χ0n) is 14.5. The SMILES string of the molecule is CC(NC(=O)C1CCN(C(=O)OCC(F)(F)F)CC1)c1ccc(F)cc1F. The van der Waals surface area contributed by atoms with Gasteiger partial charge < -0.3 is 15.0 Å². The van der Waals surface area contributed by atoms with E-state index in [-0.39, 0.29) is 37.4 Å². The van der Waals surface area contributed by atoms with Crippen LogP contribution in [-0.2, 0) is 9.53 Å². The lowest BCUT2D eigenvalue weighted by Gasteiger charge is -2.31. The van der Waals surface area contributed by atoms with Crippen molar-refractivity contribution in [1.29, 1.82) is 0 Å². The molecule has 1 aliphatic heterocycles. The van der Waals surface area contributed by atoms with E-state index in [9.17, 15) is 31.5 Å². The Morgan fingerprint density at radius 1 is 1.26 bits per heavy atom. The molecule has 1 atom stereocenters. The van der Waals surface area contributed by atoms with Crippen LogP contribution in [0.25, 0.3) is 0 Å². The Labute approximate surface area is 152 Å². The van der Waals surface area contributed by atoms with Gasteiger partial charge in [-0.3, -0.25) is 4.79 Å². The van der Waals surface area contributed by atoms with Crippen LogP contribution in [0.4, 0.5) is 26.7 Å². The van der Waals surface area contributed by atoms with Crippen LogP contribution >= 0.6 is 0 Å². The van der Waals surface area contributed by atoms with E-state index in [0.717, 1.165) is 17.0 Å². The van der Waals surface area contributed by atoms with Crippen molar-refractivity contribution in [1.82, 2.24) is 10.2 Å². The van der Waals surface area contributed by atoms with E-state index in [1.165, 1.54) is 6.07 Å². The van der Waals surface area contributed by atoms with Crippen LogP contribution in [0.15, 0.2) is 18.2 Å². The lowest BCUT2D eigenvalue weighted by atomic mass is 9.95.